The lowest BCUT2D eigenvalue weighted by atomic mass is 10.1. The molecule has 0 amide bonds. The second kappa shape index (κ2) is 5.76. The molecule has 3 heterocycles. The van der Waals surface area contributed by atoms with Crippen LogP contribution in [0.15, 0.2) is 41.8 Å². The van der Waals surface area contributed by atoms with Gasteiger partial charge in [0, 0.05) is 29.2 Å². The molecule has 7 heteroatoms. The van der Waals surface area contributed by atoms with E-state index in [1.54, 1.807) is 10.9 Å². The van der Waals surface area contributed by atoms with Gasteiger partial charge < -0.3 is 4.98 Å². The Balaban J connectivity index is 1.63. The topological polar surface area (TPSA) is 76.5 Å². The SMILES string of the molecule is Cc1[nH]c2ccccc2c1C(=O)CSc1ncnc2c1cnn2C. The van der Waals surface area contributed by atoms with Crippen molar-refractivity contribution in [2.24, 2.45) is 7.05 Å². The van der Waals surface area contributed by atoms with E-state index in [1.807, 2.05) is 38.2 Å². The van der Waals surface area contributed by atoms with Gasteiger partial charge in [-0.2, -0.15) is 5.10 Å². The highest BCUT2D eigenvalue weighted by Crippen LogP contribution is 2.27. The summed E-state index contributed by atoms with van der Waals surface area (Å²) < 4.78 is 1.70. The summed E-state index contributed by atoms with van der Waals surface area (Å²) in [6.07, 6.45) is 3.24. The quantitative estimate of drug-likeness (QED) is 0.352. The van der Waals surface area contributed by atoms with Crippen LogP contribution in [0.1, 0.15) is 16.1 Å². The van der Waals surface area contributed by atoms with Crippen LogP contribution in [0.3, 0.4) is 0 Å². The predicted octanol–water partition coefficient (Wildman–Crippen LogP) is 3.13. The molecule has 0 aliphatic carbocycles. The number of rotatable bonds is 4. The molecule has 6 nitrogen and oxygen atoms in total. The minimum atomic E-state index is 0.0885. The molecule has 0 spiro atoms. The number of carbonyl (C=O) groups is 1. The summed E-state index contributed by atoms with van der Waals surface area (Å²) in [5.74, 6) is 0.412. The first-order valence-electron chi connectivity index (χ1n) is 7.51. The fourth-order valence-corrected chi connectivity index (χ4v) is 3.73. The van der Waals surface area contributed by atoms with Gasteiger partial charge in [-0.05, 0) is 13.0 Å². The van der Waals surface area contributed by atoms with Gasteiger partial charge in [0.25, 0.3) is 0 Å². The molecule has 0 aliphatic rings. The highest BCUT2D eigenvalue weighted by Gasteiger charge is 2.17. The Hall–Kier alpha value is -2.67. The summed E-state index contributed by atoms with van der Waals surface area (Å²) >= 11 is 1.42. The van der Waals surface area contributed by atoms with Crippen LogP contribution in [-0.2, 0) is 7.05 Å². The number of thioether (sulfide) groups is 1. The highest BCUT2D eigenvalue weighted by molar-refractivity contribution is 8.00. The predicted molar refractivity (Wildman–Crippen MR) is 94.4 cm³/mol. The molecule has 120 valence electrons. The number of hydrogen-bond acceptors (Lipinski definition) is 5. The lowest BCUT2D eigenvalue weighted by molar-refractivity contribution is 0.102. The summed E-state index contributed by atoms with van der Waals surface area (Å²) in [4.78, 5) is 24.5. The number of nitrogens with one attached hydrogen (secondary N) is 1. The van der Waals surface area contributed by atoms with Crippen LogP contribution in [0.2, 0.25) is 0 Å². The third kappa shape index (κ3) is 2.37. The molecule has 0 saturated carbocycles. The Morgan fingerprint density at radius 1 is 1.25 bits per heavy atom. The number of para-hydroxylation sites is 1. The number of aryl methyl sites for hydroxylation is 2. The number of fused-ring (bicyclic) bond motifs is 2. The van der Waals surface area contributed by atoms with Crippen molar-refractivity contribution in [2.75, 3.05) is 5.75 Å². The molecule has 1 aromatic carbocycles. The molecule has 0 aliphatic heterocycles. The Morgan fingerprint density at radius 3 is 2.96 bits per heavy atom. The molecule has 0 unspecified atom stereocenters. The Bertz CT molecular complexity index is 1070. The van der Waals surface area contributed by atoms with Crippen molar-refractivity contribution < 1.29 is 4.79 Å². The molecular weight excluding hydrogens is 322 g/mol. The molecule has 0 radical (unpaired) electrons. The molecule has 4 rings (SSSR count). The zero-order valence-electron chi connectivity index (χ0n) is 13.3. The Kier molecular flexibility index (Phi) is 3.57. The van der Waals surface area contributed by atoms with Crippen LogP contribution in [0, 0.1) is 6.92 Å². The second-order valence-corrected chi connectivity index (χ2v) is 6.53. The van der Waals surface area contributed by atoms with Gasteiger partial charge in [0.1, 0.15) is 11.4 Å². The molecule has 0 fully saturated rings. The van der Waals surface area contributed by atoms with Gasteiger partial charge in [-0.15, -0.1) is 0 Å². The van der Waals surface area contributed by atoms with E-state index in [0.29, 0.717) is 5.75 Å². The lowest BCUT2D eigenvalue weighted by Gasteiger charge is -2.03. The number of aromatic nitrogens is 5. The van der Waals surface area contributed by atoms with E-state index in [9.17, 15) is 4.79 Å². The zero-order chi connectivity index (χ0) is 16.7. The maximum atomic E-state index is 12.8. The first kappa shape index (κ1) is 14.9. The maximum absolute atomic E-state index is 12.8. The normalized spacial score (nSPS) is 11.4. The molecule has 24 heavy (non-hydrogen) atoms. The summed E-state index contributed by atoms with van der Waals surface area (Å²) in [6.45, 7) is 1.93. The van der Waals surface area contributed by atoms with Gasteiger partial charge in [0.2, 0.25) is 0 Å². The second-order valence-electron chi connectivity index (χ2n) is 5.57. The summed E-state index contributed by atoms with van der Waals surface area (Å²) in [6, 6.07) is 7.86. The first-order valence-corrected chi connectivity index (χ1v) is 8.49. The van der Waals surface area contributed by atoms with Crippen molar-refractivity contribution in [3.8, 4) is 0 Å². The minimum absolute atomic E-state index is 0.0885. The van der Waals surface area contributed by atoms with E-state index < -0.39 is 0 Å². The number of ketones is 1. The summed E-state index contributed by atoms with van der Waals surface area (Å²) in [5, 5.41) is 6.81. The third-order valence-electron chi connectivity index (χ3n) is 4.01. The lowest BCUT2D eigenvalue weighted by Crippen LogP contribution is -2.04. The van der Waals surface area contributed by atoms with E-state index in [2.05, 4.69) is 20.1 Å². The van der Waals surface area contributed by atoms with Crippen molar-refractivity contribution in [3.63, 3.8) is 0 Å². The summed E-state index contributed by atoms with van der Waals surface area (Å²) in [7, 11) is 1.84. The molecule has 4 aromatic rings. The van der Waals surface area contributed by atoms with Gasteiger partial charge in [-0.1, -0.05) is 30.0 Å². The van der Waals surface area contributed by atoms with Gasteiger partial charge >= 0.3 is 0 Å². The fourth-order valence-electron chi connectivity index (χ4n) is 2.90. The zero-order valence-corrected chi connectivity index (χ0v) is 14.1. The van der Waals surface area contributed by atoms with E-state index >= 15 is 0 Å². The van der Waals surface area contributed by atoms with Crippen molar-refractivity contribution in [2.45, 2.75) is 11.9 Å². The molecule has 0 bridgehead atoms. The van der Waals surface area contributed by atoms with Crippen LogP contribution in [0.4, 0.5) is 0 Å². The van der Waals surface area contributed by atoms with Crippen molar-refractivity contribution in [3.05, 3.63) is 48.0 Å². The number of benzene rings is 1. The van der Waals surface area contributed by atoms with Crippen LogP contribution < -0.4 is 0 Å². The Morgan fingerprint density at radius 2 is 2.08 bits per heavy atom. The molecule has 1 N–H and O–H groups in total. The molecule has 0 saturated heterocycles. The highest BCUT2D eigenvalue weighted by atomic mass is 32.2. The van der Waals surface area contributed by atoms with Crippen molar-refractivity contribution in [1.82, 2.24) is 24.7 Å². The van der Waals surface area contributed by atoms with Crippen LogP contribution >= 0.6 is 11.8 Å². The number of carbonyl (C=O) groups excluding carboxylic acids is 1. The fraction of sp³-hybridized carbons (Fsp3) is 0.176. The van der Waals surface area contributed by atoms with Gasteiger partial charge in [0.15, 0.2) is 11.4 Å². The average Bonchev–Trinajstić information content (AvgIpc) is 3.12. The molecular formula is C17H15N5OS. The minimum Gasteiger partial charge on any atom is -0.358 e. The number of aromatic amines is 1. The van der Waals surface area contributed by atoms with Gasteiger partial charge in [-0.3, -0.25) is 9.48 Å². The smallest absolute Gasteiger partial charge is 0.175 e. The van der Waals surface area contributed by atoms with Crippen LogP contribution in [0.5, 0.6) is 0 Å². The van der Waals surface area contributed by atoms with E-state index in [-0.39, 0.29) is 5.78 Å². The van der Waals surface area contributed by atoms with Crippen molar-refractivity contribution in [1.29, 1.82) is 0 Å². The number of hydrogen-bond donors (Lipinski definition) is 1. The van der Waals surface area contributed by atoms with Gasteiger partial charge in [-0.25, -0.2) is 9.97 Å². The van der Waals surface area contributed by atoms with Crippen LogP contribution in [-0.4, -0.2) is 36.3 Å². The Labute approximate surface area is 142 Å². The number of nitrogens with zero attached hydrogens (tertiary/aromatic N) is 4. The largest absolute Gasteiger partial charge is 0.358 e. The number of H-pyrrole nitrogens is 1. The summed E-state index contributed by atoms with van der Waals surface area (Å²) in [5.41, 5.74) is 3.41. The standard InChI is InChI=1S/C17H15N5OS/c1-10-15(11-5-3-4-6-13(11)21-10)14(23)8-24-17-12-7-20-22(2)16(12)18-9-19-17/h3-7,9,21H,8H2,1-2H3. The van der Waals surface area contributed by atoms with E-state index in [1.165, 1.54) is 18.1 Å². The molecule has 0 atom stereocenters. The molecule has 3 aromatic heterocycles. The average molecular weight is 337 g/mol. The van der Waals surface area contributed by atoms with E-state index in [4.69, 9.17) is 0 Å². The number of Topliss-reactive ketones (excluding diaryl/α,β-unsaturated/α-hetero) is 1. The van der Waals surface area contributed by atoms with Gasteiger partial charge in [0.05, 0.1) is 17.3 Å². The monoisotopic (exact) mass is 337 g/mol. The van der Waals surface area contributed by atoms with E-state index in [0.717, 1.165) is 38.2 Å². The van der Waals surface area contributed by atoms with Crippen LogP contribution in [0.25, 0.3) is 21.9 Å². The maximum Gasteiger partial charge on any atom is 0.175 e. The van der Waals surface area contributed by atoms with Crippen molar-refractivity contribution >= 4 is 39.5 Å². The first-order chi connectivity index (χ1) is 11.6. The third-order valence-corrected chi connectivity index (χ3v) is 5.01.